The average Bonchev–Trinajstić information content (AvgIpc) is 0.907. The summed E-state index contributed by atoms with van der Waals surface area (Å²) in [4.78, 5) is 59.1. The minimum Gasteiger partial charge on any atom is -0.463 e. The standard InChI is InChI=1S/C103H176O16P2/c1-4-7-10-13-16-19-22-25-28-31-34-37-40-43-46-48-51-53-56-59-62-65-68-71-74-77-80-83-86-89-101(106)113-92-98(104)93-115-120(109,110)116-94-99(105)95-117-121(111,112)118-97-100(119-103(108)91-88-85-82-79-76-73-70-67-64-61-58-55-50-45-42-39-36-33-30-27-24-21-18-15-12-9-6-3)96-114-102(107)90-87-84-81-78-75-72-69-66-63-60-57-54-52-49-47-44-41-38-35-32-29-26-23-20-17-14-11-8-5-2/h7,9-10,12,16-21,25-30,34-39,43-47,50,98-100,104-105H,4-6,8,11,13-15,22-24,31-33,40-42,48-49,51-97H2,1-3H3,(H,109,110)(H,111,112)/b10-7-,12-9-,19-16-,20-17-,21-18-,28-25-,29-26-,30-27-,37-34-,38-35-,39-36-,46-43-,47-44-,50-45-. The van der Waals surface area contributed by atoms with Crippen molar-refractivity contribution in [2.45, 2.75) is 424 Å². The molecule has 4 N–H and O–H groups in total. The van der Waals surface area contributed by atoms with Gasteiger partial charge in [0, 0.05) is 19.3 Å². The van der Waals surface area contributed by atoms with Crippen LogP contribution in [0, 0.1) is 0 Å². The molecule has 694 valence electrons. The van der Waals surface area contributed by atoms with Crippen LogP contribution in [0.3, 0.4) is 0 Å². The quantitative estimate of drug-likeness (QED) is 0.0146. The molecule has 0 aliphatic rings. The highest BCUT2D eigenvalue weighted by Crippen LogP contribution is 2.45. The molecule has 0 spiro atoms. The number of allylic oxidation sites excluding steroid dienone is 28. The molecule has 5 unspecified atom stereocenters. The summed E-state index contributed by atoms with van der Waals surface area (Å²) in [5, 5.41) is 20.8. The predicted octanol–water partition coefficient (Wildman–Crippen LogP) is 30.2. The number of esters is 3. The molecule has 0 bridgehead atoms. The highest BCUT2D eigenvalue weighted by Gasteiger charge is 2.30. The van der Waals surface area contributed by atoms with E-state index >= 15 is 0 Å². The molecular weight excluding hydrogens is 1560 g/mol. The summed E-state index contributed by atoms with van der Waals surface area (Å²) in [6.07, 6.45) is 122. The fraction of sp³-hybridized carbons (Fsp3) is 0.699. The van der Waals surface area contributed by atoms with E-state index in [1.807, 2.05) is 0 Å². The van der Waals surface area contributed by atoms with Gasteiger partial charge in [0.25, 0.3) is 0 Å². The van der Waals surface area contributed by atoms with Gasteiger partial charge in [0.15, 0.2) is 6.10 Å². The number of aliphatic hydroxyl groups is 2. The number of phosphoric ester groups is 2. The van der Waals surface area contributed by atoms with Crippen LogP contribution in [0.2, 0.25) is 0 Å². The number of phosphoric acid groups is 2. The van der Waals surface area contributed by atoms with Crippen LogP contribution >= 0.6 is 15.6 Å². The third-order valence-corrected chi connectivity index (χ3v) is 22.3. The first-order valence-corrected chi connectivity index (χ1v) is 51.4. The molecule has 18 heteroatoms. The highest BCUT2D eigenvalue weighted by atomic mass is 31.2. The monoisotopic (exact) mass is 1730 g/mol. The van der Waals surface area contributed by atoms with Crippen molar-refractivity contribution in [2.75, 3.05) is 39.6 Å². The molecule has 0 fully saturated rings. The lowest BCUT2D eigenvalue weighted by Gasteiger charge is -2.21. The average molecular weight is 1730 g/mol. The molecule has 0 heterocycles. The second kappa shape index (κ2) is 94.1. The van der Waals surface area contributed by atoms with E-state index in [-0.39, 0.29) is 19.3 Å². The van der Waals surface area contributed by atoms with E-state index in [4.69, 9.17) is 32.3 Å². The van der Waals surface area contributed by atoms with Crippen LogP contribution in [0.1, 0.15) is 406 Å². The molecule has 16 nitrogen and oxygen atoms in total. The van der Waals surface area contributed by atoms with E-state index in [1.165, 1.54) is 173 Å². The van der Waals surface area contributed by atoms with Gasteiger partial charge in [0.05, 0.1) is 26.4 Å². The molecule has 0 radical (unpaired) electrons. The molecule has 0 aliphatic carbocycles. The van der Waals surface area contributed by atoms with Gasteiger partial charge in [-0.25, -0.2) is 9.13 Å². The molecule has 0 aliphatic heterocycles. The Morgan fingerprint density at radius 1 is 0.240 bits per heavy atom. The molecule has 121 heavy (non-hydrogen) atoms. The number of hydrogen-bond acceptors (Lipinski definition) is 14. The van der Waals surface area contributed by atoms with Crippen molar-refractivity contribution in [3.8, 4) is 0 Å². The van der Waals surface area contributed by atoms with Crippen molar-refractivity contribution in [1.82, 2.24) is 0 Å². The highest BCUT2D eigenvalue weighted by molar-refractivity contribution is 7.47. The van der Waals surface area contributed by atoms with Crippen molar-refractivity contribution in [2.24, 2.45) is 0 Å². The lowest BCUT2D eigenvalue weighted by Crippen LogP contribution is -2.30. The molecule has 0 amide bonds. The van der Waals surface area contributed by atoms with Crippen LogP contribution in [0.25, 0.3) is 0 Å². The lowest BCUT2D eigenvalue weighted by molar-refractivity contribution is -0.161. The van der Waals surface area contributed by atoms with Crippen molar-refractivity contribution >= 4 is 33.6 Å². The van der Waals surface area contributed by atoms with Crippen molar-refractivity contribution < 1.29 is 75.8 Å². The van der Waals surface area contributed by atoms with Gasteiger partial charge in [0.2, 0.25) is 0 Å². The van der Waals surface area contributed by atoms with E-state index in [9.17, 15) is 43.5 Å². The Labute approximate surface area is 739 Å². The van der Waals surface area contributed by atoms with E-state index in [0.29, 0.717) is 19.3 Å². The van der Waals surface area contributed by atoms with Gasteiger partial charge in [-0.05, 0) is 154 Å². The SMILES string of the molecule is CC/C=C\C/C=C\C/C=C\C/C=C\C/C=C\CCCCCCCCCCCCCCCC(=O)OCC(O)COP(=O)(O)OCC(O)COP(=O)(O)OCC(COC(=O)CCCCCCCCCCCCCCC/C=C\C/C=C\C/C=C\C/C=C\CCCCC)OC(=O)CCCCCCCCCCCCC/C=C\C/C=C\C/C=C\C/C=C\C/C=C\CC. The van der Waals surface area contributed by atoms with E-state index in [1.54, 1.807) is 0 Å². The smallest absolute Gasteiger partial charge is 0.463 e. The first-order valence-electron chi connectivity index (χ1n) is 48.4. The van der Waals surface area contributed by atoms with Gasteiger partial charge in [-0.15, -0.1) is 0 Å². The molecule has 0 aromatic carbocycles. The fourth-order valence-corrected chi connectivity index (χ4v) is 14.7. The normalized spacial score (nSPS) is 14.5. The van der Waals surface area contributed by atoms with Crippen LogP contribution in [-0.2, 0) is 55.8 Å². The topological polar surface area (TPSA) is 231 Å². The zero-order chi connectivity index (χ0) is 87.9. The first kappa shape index (κ1) is 116. The van der Waals surface area contributed by atoms with E-state index in [2.05, 4.69) is 191 Å². The molecule has 0 aromatic rings. The Morgan fingerprint density at radius 2 is 0.438 bits per heavy atom. The Kier molecular flexibility index (Phi) is 90.1. The predicted molar refractivity (Wildman–Crippen MR) is 509 cm³/mol. The number of hydrogen-bond donors (Lipinski definition) is 4. The second-order valence-electron chi connectivity index (χ2n) is 32.1. The zero-order valence-corrected chi connectivity index (χ0v) is 78.4. The Bertz CT molecular complexity index is 2880. The second-order valence-corrected chi connectivity index (χ2v) is 35.0. The summed E-state index contributed by atoms with van der Waals surface area (Å²) in [5.41, 5.74) is 0. The summed E-state index contributed by atoms with van der Waals surface area (Å²) < 4.78 is 61.6. The largest absolute Gasteiger partial charge is 0.472 e. The maximum atomic E-state index is 13.1. The Hall–Kier alpha value is -5.09. The van der Waals surface area contributed by atoms with Gasteiger partial charge >= 0.3 is 33.6 Å². The first-order chi connectivity index (χ1) is 59.2. The van der Waals surface area contributed by atoms with Crippen LogP contribution < -0.4 is 0 Å². The van der Waals surface area contributed by atoms with Crippen molar-refractivity contribution in [1.29, 1.82) is 0 Å². The summed E-state index contributed by atoms with van der Waals surface area (Å²) in [7, 11) is -9.82. The molecule has 0 saturated heterocycles. The van der Waals surface area contributed by atoms with Crippen LogP contribution in [0.5, 0.6) is 0 Å². The molecular formula is C103H176O16P2. The number of aliphatic hydroxyl groups excluding tert-OH is 2. The summed E-state index contributed by atoms with van der Waals surface area (Å²) in [6, 6.07) is 0. The van der Waals surface area contributed by atoms with Gasteiger partial charge in [-0.1, -0.05) is 403 Å². The number of carbonyl (C=O) groups excluding carboxylic acids is 3. The Morgan fingerprint density at radius 3 is 0.694 bits per heavy atom. The van der Waals surface area contributed by atoms with E-state index in [0.717, 1.165) is 173 Å². The summed E-state index contributed by atoms with van der Waals surface area (Å²) in [5.74, 6) is -1.57. The minimum atomic E-state index is -4.95. The minimum absolute atomic E-state index is 0.0967. The van der Waals surface area contributed by atoms with Gasteiger partial charge in [-0.3, -0.25) is 32.5 Å². The maximum Gasteiger partial charge on any atom is 0.472 e. The molecule has 5 atom stereocenters. The zero-order valence-electron chi connectivity index (χ0n) is 76.6. The maximum absolute atomic E-state index is 13.1. The molecule has 0 aromatic heterocycles. The third kappa shape index (κ3) is 95.4. The van der Waals surface area contributed by atoms with Crippen LogP contribution in [0.15, 0.2) is 170 Å². The van der Waals surface area contributed by atoms with Crippen molar-refractivity contribution in [3.63, 3.8) is 0 Å². The van der Waals surface area contributed by atoms with E-state index < -0.39 is 91.5 Å². The number of rotatable bonds is 91. The molecule has 0 rings (SSSR count). The third-order valence-electron chi connectivity index (χ3n) is 20.4. The van der Waals surface area contributed by atoms with Gasteiger partial charge < -0.3 is 34.2 Å². The number of ether oxygens (including phenoxy) is 3. The fourth-order valence-electron chi connectivity index (χ4n) is 13.1. The van der Waals surface area contributed by atoms with Gasteiger partial charge in [0.1, 0.15) is 25.4 Å². The Balaban J connectivity index is 4.65. The van der Waals surface area contributed by atoms with Crippen LogP contribution in [0.4, 0.5) is 0 Å². The van der Waals surface area contributed by atoms with Crippen molar-refractivity contribution in [3.05, 3.63) is 170 Å². The number of carbonyl (C=O) groups is 3. The number of unbranched alkanes of at least 4 members (excludes halogenated alkanes) is 40. The van der Waals surface area contributed by atoms with Gasteiger partial charge in [-0.2, -0.15) is 0 Å². The summed E-state index contributed by atoms with van der Waals surface area (Å²) >= 11 is 0. The summed E-state index contributed by atoms with van der Waals surface area (Å²) in [6.45, 7) is 2.48. The van der Waals surface area contributed by atoms with Crippen LogP contribution in [-0.4, -0.2) is 95.9 Å². The lowest BCUT2D eigenvalue weighted by atomic mass is 10.0. The molecule has 0 saturated carbocycles.